The Morgan fingerprint density at radius 1 is 1.36 bits per heavy atom. The summed E-state index contributed by atoms with van der Waals surface area (Å²) in [5.41, 5.74) is 0.734. The van der Waals surface area contributed by atoms with Crippen LogP contribution in [-0.2, 0) is 11.3 Å². The number of hydrogen-bond donors (Lipinski definition) is 1. The summed E-state index contributed by atoms with van der Waals surface area (Å²) < 4.78 is 7.82. The number of aromatic nitrogens is 3. The molecule has 28 heavy (non-hydrogen) atoms. The molecule has 2 aromatic heterocycles. The lowest BCUT2D eigenvalue weighted by molar-refractivity contribution is -0.119. The first kappa shape index (κ1) is 19.1. The van der Waals surface area contributed by atoms with Crippen molar-refractivity contribution < 1.29 is 9.21 Å². The molecule has 8 heteroatoms. The molecule has 1 aromatic carbocycles. The second-order valence-electron chi connectivity index (χ2n) is 6.84. The van der Waals surface area contributed by atoms with Gasteiger partial charge in [0.25, 0.3) is 0 Å². The van der Waals surface area contributed by atoms with Crippen LogP contribution < -0.4 is 5.32 Å². The number of carbonyl (C=O) groups is 1. The Morgan fingerprint density at radius 2 is 2.18 bits per heavy atom. The fourth-order valence-corrected chi connectivity index (χ4v) is 4.40. The van der Waals surface area contributed by atoms with E-state index in [2.05, 4.69) is 22.1 Å². The van der Waals surface area contributed by atoms with Crippen LogP contribution in [0.2, 0.25) is 5.02 Å². The fourth-order valence-electron chi connectivity index (χ4n) is 3.47. The molecule has 146 valence electrons. The number of hydrogen-bond acceptors (Lipinski definition) is 5. The van der Waals surface area contributed by atoms with E-state index in [0.717, 1.165) is 23.8 Å². The smallest absolute Gasteiger partial charge is 0.230 e. The molecule has 3 aromatic rings. The first-order valence-electron chi connectivity index (χ1n) is 9.30. The Balaban J connectivity index is 1.52. The number of halogens is 1. The van der Waals surface area contributed by atoms with E-state index in [-0.39, 0.29) is 5.91 Å². The molecule has 1 aliphatic rings. The van der Waals surface area contributed by atoms with Gasteiger partial charge in [0.1, 0.15) is 5.58 Å². The Bertz CT molecular complexity index is 1010. The van der Waals surface area contributed by atoms with Crippen LogP contribution in [0.1, 0.15) is 25.7 Å². The molecule has 2 heterocycles. The highest BCUT2D eigenvalue weighted by Gasteiger charge is 2.20. The van der Waals surface area contributed by atoms with Crippen molar-refractivity contribution in [1.82, 2.24) is 20.1 Å². The van der Waals surface area contributed by atoms with Crippen molar-refractivity contribution in [2.75, 3.05) is 5.75 Å². The molecular formula is C20H21ClN4O2S. The number of amides is 1. The molecule has 6 nitrogen and oxygen atoms in total. The minimum atomic E-state index is 0.0324. The lowest BCUT2D eigenvalue weighted by Gasteiger charge is -2.11. The Morgan fingerprint density at radius 3 is 2.96 bits per heavy atom. The standard InChI is InChI=1S/C20H21ClN4O2S/c1-2-9-25-19(17-11-13-10-14(21)7-8-16(13)27-17)23-24-20(25)28-12-18(26)22-15-5-3-4-6-15/h2,7-8,10-11,15H,1,3-6,9,12H2,(H,22,26). The van der Waals surface area contributed by atoms with Gasteiger partial charge in [0, 0.05) is 23.0 Å². The number of rotatable bonds is 7. The maximum atomic E-state index is 12.2. The number of benzene rings is 1. The number of carbonyl (C=O) groups excluding carboxylic acids is 1. The Labute approximate surface area is 172 Å². The molecule has 1 aliphatic carbocycles. The normalized spacial score (nSPS) is 14.6. The van der Waals surface area contributed by atoms with Gasteiger partial charge in [-0.1, -0.05) is 42.3 Å². The average molecular weight is 417 g/mol. The third kappa shape index (κ3) is 4.10. The van der Waals surface area contributed by atoms with E-state index >= 15 is 0 Å². The zero-order chi connectivity index (χ0) is 19.5. The number of fused-ring (bicyclic) bond motifs is 1. The monoisotopic (exact) mass is 416 g/mol. The van der Waals surface area contributed by atoms with Gasteiger partial charge in [0.2, 0.25) is 11.7 Å². The van der Waals surface area contributed by atoms with Gasteiger partial charge in [-0.2, -0.15) is 0 Å². The predicted octanol–water partition coefficient (Wildman–Crippen LogP) is 4.68. The second kappa shape index (κ2) is 8.41. The second-order valence-corrected chi connectivity index (χ2v) is 8.21. The summed E-state index contributed by atoms with van der Waals surface area (Å²) in [6.45, 7) is 4.34. The van der Waals surface area contributed by atoms with Crippen molar-refractivity contribution in [1.29, 1.82) is 0 Å². The first-order chi connectivity index (χ1) is 13.6. The maximum Gasteiger partial charge on any atom is 0.230 e. The maximum absolute atomic E-state index is 12.2. The van der Waals surface area contributed by atoms with Gasteiger partial charge in [0.05, 0.1) is 5.75 Å². The highest BCUT2D eigenvalue weighted by Crippen LogP contribution is 2.30. The summed E-state index contributed by atoms with van der Waals surface area (Å²) in [5.74, 6) is 1.55. The predicted molar refractivity (Wildman–Crippen MR) is 112 cm³/mol. The highest BCUT2D eigenvalue weighted by molar-refractivity contribution is 7.99. The van der Waals surface area contributed by atoms with Crippen molar-refractivity contribution >= 4 is 40.2 Å². The number of nitrogens with zero attached hydrogens (tertiary/aromatic N) is 3. The number of nitrogens with one attached hydrogen (secondary N) is 1. The van der Waals surface area contributed by atoms with Crippen LogP contribution in [0, 0.1) is 0 Å². The molecule has 1 N–H and O–H groups in total. The third-order valence-electron chi connectivity index (χ3n) is 4.78. The summed E-state index contributed by atoms with van der Waals surface area (Å²) in [4.78, 5) is 12.2. The van der Waals surface area contributed by atoms with E-state index in [4.69, 9.17) is 16.0 Å². The zero-order valence-electron chi connectivity index (χ0n) is 15.4. The molecule has 0 atom stereocenters. The average Bonchev–Trinajstić information content (AvgIpc) is 3.39. The van der Waals surface area contributed by atoms with Crippen LogP contribution in [0.25, 0.3) is 22.6 Å². The van der Waals surface area contributed by atoms with Crippen LogP contribution >= 0.6 is 23.4 Å². The van der Waals surface area contributed by atoms with Crippen molar-refractivity contribution in [3.63, 3.8) is 0 Å². The number of furan rings is 1. The Kier molecular flexibility index (Phi) is 5.73. The van der Waals surface area contributed by atoms with Crippen molar-refractivity contribution in [2.24, 2.45) is 0 Å². The van der Waals surface area contributed by atoms with E-state index < -0.39 is 0 Å². The van der Waals surface area contributed by atoms with Gasteiger partial charge in [-0.25, -0.2) is 0 Å². The molecule has 0 radical (unpaired) electrons. The van der Waals surface area contributed by atoms with Gasteiger partial charge in [-0.15, -0.1) is 16.8 Å². The van der Waals surface area contributed by atoms with E-state index in [1.165, 1.54) is 24.6 Å². The van der Waals surface area contributed by atoms with Gasteiger partial charge < -0.3 is 9.73 Å². The van der Waals surface area contributed by atoms with E-state index in [1.54, 1.807) is 12.1 Å². The first-order valence-corrected chi connectivity index (χ1v) is 10.7. The molecule has 0 aliphatic heterocycles. The lowest BCUT2D eigenvalue weighted by atomic mass is 10.2. The molecule has 0 saturated heterocycles. The summed E-state index contributed by atoms with van der Waals surface area (Å²) in [7, 11) is 0. The van der Waals surface area contributed by atoms with Gasteiger partial charge in [0.15, 0.2) is 10.9 Å². The minimum absolute atomic E-state index is 0.0324. The van der Waals surface area contributed by atoms with Crippen molar-refractivity contribution in [3.8, 4) is 11.6 Å². The van der Waals surface area contributed by atoms with Crippen molar-refractivity contribution in [3.05, 3.63) is 41.9 Å². The van der Waals surface area contributed by atoms with E-state index in [0.29, 0.717) is 40.1 Å². The van der Waals surface area contributed by atoms with Gasteiger partial charge in [-0.05, 0) is 37.1 Å². The van der Waals surface area contributed by atoms with Crippen LogP contribution in [-0.4, -0.2) is 32.5 Å². The molecule has 0 unspecified atom stereocenters. The minimum Gasteiger partial charge on any atom is -0.453 e. The topological polar surface area (TPSA) is 73.0 Å². The van der Waals surface area contributed by atoms with Gasteiger partial charge >= 0.3 is 0 Å². The molecule has 1 amide bonds. The van der Waals surface area contributed by atoms with Crippen LogP contribution in [0.15, 0.2) is 46.5 Å². The highest BCUT2D eigenvalue weighted by atomic mass is 35.5. The Hall–Kier alpha value is -2.25. The SMILES string of the molecule is C=CCn1c(SCC(=O)NC2CCCC2)nnc1-c1cc2cc(Cl)ccc2o1. The molecule has 4 rings (SSSR count). The molecule has 0 spiro atoms. The quantitative estimate of drug-likeness (QED) is 0.447. The number of thioether (sulfide) groups is 1. The van der Waals surface area contributed by atoms with Crippen LogP contribution in [0.4, 0.5) is 0 Å². The lowest BCUT2D eigenvalue weighted by Crippen LogP contribution is -2.33. The summed E-state index contributed by atoms with van der Waals surface area (Å²) in [5, 5.41) is 13.9. The molecular weight excluding hydrogens is 396 g/mol. The van der Waals surface area contributed by atoms with E-state index in [9.17, 15) is 4.79 Å². The molecule has 0 bridgehead atoms. The van der Waals surface area contributed by atoms with E-state index in [1.807, 2.05) is 22.8 Å². The van der Waals surface area contributed by atoms with Crippen LogP contribution in [0.3, 0.4) is 0 Å². The fraction of sp³-hybridized carbons (Fsp3) is 0.350. The molecule has 1 saturated carbocycles. The molecule has 1 fully saturated rings. The third-order valence-corrected chi connectivity index (χ3v) is 5.98. The summed E-state index contributed by atoms with van der Waals surface area (Å²) in [6, 6.07) is 7.68. The zero-order valence-corrected chi connectivity index (χ0v) is 16.9. The van der Waals surface area contributed by atoms with Crippen molar-refractivity contribution in [2.45, 2.75) is 43.4 Å². The van der Waals surface area contributed by atoms with Crippen LogP contribution in [0.5, 0.6) is 0 Å². The summed E-state index contributed by atoms with van der Waals surface area (Å²) >= 11 is 7.43. The summed E-state index contributed by atoms with van der Waals surface area (Å²) in [6.07, 6.45) is 6.30. The number of allylic oxidation sites excluding steroid dienone is 1. The van der Waals surface area contributed by atoms with Gasteiger partial charge in [-0.3, -0.25) is 9.36 Å². The largest absolute Gasteiger partial charge is 0.453 e.